The van der Waals surface area contributed by atoms with Gasteiger partial charge in [-0.25, -0.2) is 9.78 Å². The van der Waals surface area contributed by atoms with Crippen molar-refractivity contribution >= 4 is 56.0 Å². The van der Waals surface area contributed by atoms with Crippen molar-refractivity contribution in [1.29, 1.82) is 0 Å². The maximum absolute atomic E-state index is 10.9. The maximum Gasteiger partial charge on any atom is 0.337 e. The lowest BCUT2D eigenvalue weighted by Crippen LogP contribution is -2.04. The second-order valence-corrected chi connectivity index (χ2v) is 5.96. The Bertz CT molecular complexity index is 647. The van der Waals surface area contributed by atoms with Crippen LogP contribution in [0, 0.1) is 10.5 Å². The Morgan fingerprint density at radius 1 is 1.37 bits per heavy atom. The molecule has 2 aromatic rings. The molecule has 0 aliphatic carbocycles. The molecule has 1 heterocycles. The number of anilines is 2. The number of carboxylic acids is 1. The third kappa shape index (κ3) is 3.44. The molecule has 6 heteroatoms. The highest BCUT2D eigenvalue weighted by Gasteiger charge is 2.09. The number of rotatable bonds is 3. The van der Waals surface area contributed by atoms with Crippen LogP contribution in [0.2, 0.25) is 0 Å². The average molecular weight is 433 g/mol. The molecule has 4 nitrogen and oxygen atoms in total. The molecule has 2 N–H and O–H groups in total. The van der Waals surface area contributed by atoms with Crippen molar-refractivity contribution in [2.45, 2.75) is 6.92 Å². The average Bonchev–Trinajstić information content (AvgIpc) is 2.33. The van der Waals surface area contributed by atoms with E-state index in [1.54, 1.807) is 19.1 Å². The van der Waals surface area contributed by atoms with Gasteiger partial charge in [0.25, 0.3) is 0 Å². The summed E-state index contributed by atoms with van der Waals surface area (Å²) in [7, 11) is 0. The van der Waals surface area contributed by atoms with Crippen molar-refractivity contribution in [1.82, 2.24) is 4.98 Å². The number of hydrogen-bond donors (Lipinski definition) is 2. The van der Waals surface area contributed by atoms with Crippen LogP contribution in [0.3, 0.4) is 0 Å². The SMILES string of the molecule is Cc1nc(Nc2cc(Br)ccc2I)ccc1C(=O)O. The summed E-state index contributed by atoms with van der Waals surface area (Å²) in [6.45, 7) is 1.68. The minimum absolute atomic E-state index is 0.217. The van der Waals surface area contributed by atoms with Crippen LogP contribution in [-0.4, -0.2) is 16.1 Å². The van der Waals surface area contributed by atoms with Crippen LogP contribution in [0.4, 0.5) is 11.5 Å². The number of pyridine rings is 1. The predicted octanol–water partition coefficient (Wildman–Crippen LogP) is 4.20. The van der Waals surface area contributed by atoms with Crippen LogP contribution in [0.1, 0.15) is 16.1 Å². The third-order valence-corrected chi connectivity index (χ3v) is 3.94. The van der Waals surface area contributed by atoms with E-state index in [1.807, 2.05) is 18.2 Å². The molecule has 0 fully saturated rings. The van der Waals surface area contributed by atoms with Gasteiger partial charge in [0.2, 0.25) is 0 Å². The van der Waals surface area contributed by atoms with Crippen molar-refractivity contribution in [3.8, 4) is 0 Å². The monoisotopic (exact) mass is 432 g/mol. The fraction of sp³-hybridized carbons (Fsp3) is 0.0769. The topological polar surface area (TPSA) is 62.2 Å². The van der Waals surface area contributed by atoms with E-state index in [0.717, 1.165) is 13.7 Å². The first-order chi connectivity index (χ1) is 8.97. The highest BCUT2D eigenvalue weighted by atomic mass is 127. The van der Waals surface area contributed by atoms with E-state index in [-0.39, 0.29) is 5.56 Å². The Kier molecular flexibility index (Phi) is 4.41. The standard InChI is InChI=1S/C13H10BrIN2O2/c1-7-9(13(18)19)3-5-12(16-7)17-11-6-8(14)2-4-10(11)15/h2-6H,1H3,(H,16,17)(H,18,19). The summed E-state index contributed by atoms with van der Waals surface area (Å²) in [6.07, 6.45) is 0. The summed E-state index contributed by atoms with van der Waals surface area (Å²) in [5.41, 5.74) is 1.63. The van der Waals surface area contributed by atoms with Gasteiger partial charge in [-0.1, -0.05) is 15.9 Å². The zero-order valence-electron chi connectivity index (χ0n) is 9.95. The van der Waals surface area contributed by atoms with Crippen LogP contribution in [0.15, 0.2) is 34.8 Å². The number of carboxylic acid groups (broad SMARTS) is 1. The van der Waals surface area contributed by atoms with Gasteiger partial charge in [0.1, 0.15) is 5.82 Å². The summed E-state index contributed by atoms with van der Waals surface area (Å²) in [5.74, 6) is -0.341. The van der Waals surface area contributed by atoms with Crippen molar-refractivity contribution in [2.24, 2.45) is 0 Å². The highest BCUT2D eigenvalue weighted by Crippen LogP contribution is 2.25. The summed E-state index contributed by atoms with van der Waals surface area (Å²) < 4.78 is 2.02. The molecule has 0 atom stereocenters. The molecule has 1 aromatic heterocycles. The normalized spacial score (nSPS) is 10.3. The number of aryl methyl sites for hydroxylation is 1. The van der Waals surface area contributed by atoms with Gasteiger partial charge in [0, 0.05) is 8.04 Å². The molecule has 0 saturated carbocycles. The molecule has 98 valence electrons. The molecule has 0 aliphatic heterocycles. The Morgan fingerprint density at radius 2 is 2.11 bits per heavy atom. The number of aromatic nitrogens is 1. The minimum atomic E-state index is -0.964. The van der Waals surface area contributed by atoms with Gasteiger partial charge in [0.05, 0.1) is 16.9 Å². The molecule has 0 amide bonds. The van der Waals surface area contributed by atoms with Crippen molar-refractivity contribution in [3.63, 3.8) is 0 Å². The number of hydrogen-bond acceptors (Lipinski definition) is 3. The summed E-state index contributed by atoms with van der Waals surface area (Å²) in [6, 6.07) is 9.10. The van der Waals surface area contributed by atoms with Gasteiger partial charge >= 0.3 is 5.97 Å². The van der Waals surface area contributed by atoms with E-state index < -0.39 is 5.97 Å². The Balaban J connectivity index is 2.31. The van der Waals surface area contributed by atoms with Crippen LogP contribution in [0.25, 0.3) is 0 Å². The molecule has 0 saturated heterocycles. The number of nitrogens with one attached hydrogen (secondary N) is 1. The summed E-state index contributed by atoms with van der Waals surface area (Å²) in [4.78, 5) is 15.2. The van der Waals surface area contributed by atoms with Crippen LogP contribution in [0.5, 0.6) is 0 Å². The molecule has 0 spiro atoms. The molecule has 0 radical (unpaired) electrons. The van der Waals surface area contributed by atoms with E-state index >= 15 is 0 Å². The zero-order chi connectivity index (χ0) is 14.0. The van der Waals surface area contributed by atoms with Gasteiger partial charge in [-0.15, -0.1) is 0 Å². The van der Waals surface area contributed by atoms with Gasteiger partial charge in [0.15, 0.2) is 0 Å². The molecule has 19 heavy (non-hydrogen) atoms. The van der Waals surface area contributed by atoms with Crippen LogP contribution < -0.4 is 5.32 Å². The molecule has 0 aliphatic rings. The molecule has 0 unspecified atom stereocenters. The first-order valence-corrected chi connectivity index (χ1v) is 7.27. The first kappa shape index (κ1) is 14.3. The maximum atomic E-state index is 10.9. The van der Waals surface area contributed by atoms with Crippen LogP contribution in [-0.2, 0) is 0 Å². The van der Waals surface area contributed by atoms with E-state index in [0.29, 0.717) is 11.5 Å². The number of halogens is 2. The minimum Gasteiger partial charge on any atom is -0.478 e. The Morgan fingerprint density at radius 3 is 2.74 bits per heavy atom. The van der Waals surface area contributed by atoms with E-state index in [9.17, 15) is 4.79 Å². The molecule has 1 aromatic carbocycles. The Hall–Kier alpha value is -1.15. The highest BCUT2D eigenvalue weighted by molar-refractivity contribution is 14.1. The van der Waals surface area contributed by atoms with E-state index in [2.05, 4.69) is 48.8 Å². The van der Waals surface area contributed by atoms with Crippen LogP contribution >= 0.6 is 38.5 Å². The van der Waals surface area contributed by atoms with Gasteiger partial charge in [-0.05, 0) is 59.8 Å². The fourth-order valence-electron chi connectivity index (χ4n) is 1.59. The van der Waals surface area contributed by atoms with Crippen molar-refractivity contribution < 1.29 is 9.90 Å². The lowest BCUT2D eigenvalue weighted by atomic mass is 10.2. The Labute approximate surface area is 132 Å². The molecular weight excluding hydrogens is 423 g/mol. The van der Waals surface area contributed by atoms with Gasteiger partial charge in [-0.3, -0.25) is 0 Å². The fourth-order valence-corrected chi connectivity index (χ4v) is 2.42. The van der Waals surface area contributed by atoms with Crippen molar-refractivity contribution in [2.75, 3.05) is 5.32 Å². The van der Waals surface area contributed by atoms with Gasteiger partial charge in [-0.2, -0.15) is 0 Å². The molecule has 0 bridgehead atoms. The lowest BCUT2D eigenvalue weighted by molar-refractivity contribution is 0.0695. The summed E-state index contributed by atoms with van der Waals surface area (Å²) >= 11 is 5.64. The van der Waals surface area contributed by atoms with Crippen molar-refractivity contribution in [3.05, 3.63) is 49.6 Å². The van der Waals surface area contributed by atoms with E-state index in [4.69, 9.17) is 5.11 Å². The second kappa shape index (κ2) is 5.87. The number of benzene rings is 1. The molecular formula is C13H10BrIN2O2. The van der Waals surface area contributed by atoms with E-state index in [1.165, 1.54) is 0 Å². The first-order valence-electron chi connectivity index (χ1n) is 5.40. The predicted molar refractivity (Wildman–Crippen MR) is 86.1 cm³/mol. The number of aromatic carboxylic acids is 1. The third-order valence-electron chi connectivity index (χ3n) is 2.51. The molecule has 2 rings (SSSR count). The quantitative estimate of drug-likeness (QED) is 0.713. The smallest absolute Gasteiger partial charge is 0.337 e. The largest absolute Gasteiger partial charge is 0.478 e. The number of nitrogens with zero attached hydrogens (tertiary/aromatic N) is 1. The second-order valence-electron chi connectivity index (χ2n) is 3.88. The lowest BCUT2D eigenvalue weighted by Gasteiger charge is -2.10. The zero-order valence-corrected chi connectivity index (χ0v) is 13.7. The van der Waals surface area contributed by atoms with Gasteiger partial charge < -0.3 is 10.4 Å². The number of carbonyl (C=O) groups is 1. The summed E-state index contributed by atoms with van der Waals surface area (Å²) in [5, 5.41) is 12.1.